The highest BCUT2D eigenvalue weighted by Gasteiger charge is 2.24. The molecule has 0 aliphatic carbocycles. The van der Waals surface area contributed by atoms with Gasteiger partial charge in [0.05, 0.1) is 23.8 Å². The summed E-state index contributed by atoms with van der Waals surface area (Å²) in [6, 6.07) is 16.5. The van der Waals surface area contributed by atoms with E-state index in [0.29, 0.717) is 16.8 Å². The molecule has 3 heterocycles. The number of aryl methyl sites for hydroxylation is 1. The smallest absolute Gasteiger partial charge is 0.263 e. The van der Waals surface area contributed by atoms with Gasteiger partial charge in [-0.1, -0.05) is 36.4 Å². The first kappa shape index (κ1) is 20.4. The Bertz CT molecular complexity index is 1570. The van der Waals surface area contributed by atoms with Crippen molar-refractivity contribution in [3.8, 4) is 5.69 Å². The lowest BCUT2D eigenvalue weighted by molar-refractivity contribution is 0.0941. The Labute approximate surface area is 188 Å². The Kier molecular flexibility index (Phi) is 4.86. The second kappa shape index (κ2) is 7.86. The van der Waals surface area contributed by atoms with Crippen LogP contribution in [0, 0.1) is 6.92 Å². The van der Waals surface area contributed by atoms with E-state index in [1.54, 1.807) is 10.8 Å². The van der Waals surface area contributed by atoms with Gasteiger partial charge >= 0.3 is 0 Å². The molecular weight excluding hydrogens is 418 g/mol. The average Bonchev–Trinajstić information content (AvgIpc) is 3.15. The van der Waals surface area contributed by atoms with Crippen molar-refractivity contribution in [2.75, 3.05) is 5.73 Å². The van der Waals surface area contributed by atoms with Crippen LogP contribution in [-0.4, -0.2) is 30.3 Å². The van der Waals surface area contributed by atoms with Crippen molar-refractivity contribution in [3.05, 3.63) is 94.2 Å². The molecule has 164 valence electrons. The van der Waals surface area contributed by atoms with Crippen LogP contribution < -0.4 is 16.6 Å². The van der Waals surface area contributed by atoms with Crippen molar-refractivity contribution >= 4 is 28.1 Å². The average molecular weight is 439 g/mol. The van der Waals surface area contributed by atoms with E-state index in [1.165, 1.54) is 10.7 Å². The fourth-order valence-electron chi connectivity index (χ4n) is 4.10. The van der Waals surface area contributed by atoms with Gasteiger partial charge in [0.2, 0.25) is 0 Å². The van der Waals surface area contributed by atoms with Crippen molar-refractivity contribution in [3.63, 3.8) is 0 Å². The number of hydrogen-bond acceptors (Lipinski definition) is 6. The van der Waals surface area contributed by atoms with E-state index < -0.39 is 11.9 Å². The summed E-state index contributed by atoms with van der Waals surface area (Å²) in [5, 5.41) is 16.3. The maximum absolute atomic E-state index is 13.6. The van der Waals surface area contributed by atoms with Gasteiger partial charge in [-0.05, 0) is 43.0 Å². The molecule has 5 rings (SSSR count). The lowest BCUT2D eigenvalue weighted by atomic mass is 10.0. The van der Waals surface area contributed by atoms with Gasteiger partial charge in [-0.15, -0.1) is 10.2 Å². The summed E-state index contributed by atoms with van der Waals surface area (Å²) in [5.74, 6) is -0.401. The van der Waals surface area contributed by atoms with Crippen LogP contribution in [0.1, 0.15) is 34.6 Å². The molecule has 1 atom stereocenters. The van der Waals surface area contributed by atoms with Gasteiger partial charge in [-0.3, -0.25) is 14.2 Å². The number of carbonyl (C=O) groups excluding carboxylic acids is 1. The zero-order valence-electron chi connectivity index (χ0n) is 18.1. The van der Waals surface area contributed by atoms with Gasteiger partial charge in [-0.25, -0.2) is 4.52 Å². The first-order valence-corrected chi connectivity index (χ1v) is 10.4. The molecule has 3 aromatic heterocycles. The minimum absolute atomic E-state index is 0.0507. The van der Waals surface area contributed by atoms with E-state index in [9.17, 15) is 9.59 Å². The Morgan fingerprint density at radius 2 is 1.91 bits per heavy atom. The number of anilines is 1. The molecular formula is C24H21N7O2. The molecule has 0 saturated carbocycles. The molecule has 0 saturated heterocycles. The molecule has 5 aromatic rings. The molecule has 0 fully saturated rings. The maximum Gasteiger partial charge on any atom is 0.263 e. The molecule has 3 N–H and O–H groups in total. The van der Waals surface area contributed by atoms with E-state index in [1.807, 2.05) is 68.4 Å². The van der Waals surface area contributed by atoms with E-state index in [-0.39, 0.29) is 22.6 Å². The van der Waals surface area contributed by atoms with E-state index >= 15 is 0 Å². The van der Waals surface area contributed by atoms with Crippen LogP contribution in [0.2, 0.25) is 0 Å². The third kappa shape index (κ3) is 3.39. The molecule has 2 aromatic carbocycles. The summed E-state index contributed by atoms with van der Waals surface area (Å²) >= 11 is 0. The minimum atomic E-state index is -0.527. The number of nitrogens with zero attached hydrogens (tertiary/aromatic N) is 5. The van der Waals surface area contributed by atoms with Gasteiger partial charge in [0.15, 0.2) is 11.5 Å². The summed E-state index contributed by atoms with van der Waals surface area (Å²) in [6.45, 7) is 3.74. The number of nitrogens with two attached hydrogens (primary N) is 1. The third-order valence-corrected chi connectivity index (χ3v) is 5.66. The number of benzene rings is 2. The Morgan fingerprint density at radius 1 is 1.12 bits per heavy atom. The van der Waals surface area contributed by atoms with Crippen molar-refractivity contribution in [2.45, 2.75) is 19.9 Å². The second-order valence-electron chi connectivity index (χ2n) is 7.82. The molecule has 0 unspecified atom stereocenters. The number of para-hydroxylation sites is 1. The second-order valence-corrected chi connectivity index (χ2v) is 7.82. The van der Waals surface area contributed by atoms with Crippen molar-refractivity contribution in [1.82, 2.24) is 29.7 Å². The highest BCUT2D eigenvalue weighted by atomic mass is 16.2. The van der Waals surface area contributed by atoms with Gasteiger partial charge < -0.3 is 11.1 Å². The zero-order chi connectivity index (χ0) is 23.1. The first-order valence-electron chi connectivity index (χ1n) is 10.4. The monoisotopic (exact) mass is 439 g/mol. The Hall–Kier alpha value is -4.53. The SMILES string of the molecule is Cc1cccc2cc([C@H](C)NC(=O)c3c(N)nn4ccnnc34)n(-c3ccccc3)c(=O)c12. The number of amides is 1. The van der Waals surface area contributed by atoms with Crippen LogP contribution in [0.25, 0.3) is 22.1 Å². The van der Waals surface area contributed by atoms with Crippen LogP contribution in [0.3, 0.4) is 0 Å². The van der Waals surface area contributed by atoms with Crippen molar-refractivity contribution in [1.29, 1.82) is 0 Å². The van der Waals surface area contributed by atoms with Gasteiger partial charge in [0.25, 0.3) is 11.5 Å². The number of aromatic nitrogens is 5. The molecule has 0 aliphatic heterocycles. The van der Waals surface area contributed by atoms with Crippen LogP contribution in [0.4, 0.5) is 5.82 Å². The van der Waals surface area contributed by atoms with Gasteiger partial charge in [-0.2, -0.15) is 5.10 Å². The maximum atomic E-state index is 13.6. The quantitative estimate of drug-likeness (QED) is 0.444. The minimum Gasteiger partial charge on any atom is -0.381 e. The number of fused-ring (bicyclic) bond motifs is 2. The van der Waals surface area contributed by atoms with Crippen LogP contribution >= 0.6 is 0 Å². The lowest BCUT2D eigenvalue weighted by Gasteiger charge is -2.21. The highest BCUT2D eigenvalue weighted by molar-refractivity contribution is 6.04. The number of carbonyl (C=O) groups is 1. The fraction of sp³-hybridized carbons (Fsp3) is 0.125. The predicted molar refractivity (Wildman–Crippen MR) is 125 cm³/mol. The van der Waals surface area contributed by atoms with Crippen LogP contribution in [-0.2, 0) is 0 Å². The summed E-state index contributed by atoms with van der Waals surface area (Å²) in [7, 11) is 0. The molecule has 1 amide bonds. The largest absolute Gasteiger partial charge is 0.381 e. The third-order valence-electron chi connectivity index (χ3n) is 5.66. The number of pyridine rings is 1. The van der Waals surface area contributed by atoms with Gasteiger partial charge in [0, 0.05) is 11.4 Å². The lowest BCUT2D eigenvalue weighted by Crippen LogP contribution is -2.32. The molecule has 0 radical (unpaired) electrons. The topological polar surface area (TPSA) is 120 Å². The first-order chi connectivity index (χ1) is 16.0. The number of hydrogen-bond donors (Lipinski definition) is 2. The Morgan fingerprint density at radius 3 is 2.70 bits per heavy atom. The highest BCUT2D eigenvalue weighted by Crippen LogP contribution is 2.24. The summed E-state index contributed by atoms with van der Waals surface area (Å²) in [6.07, 6.45) is 3.02. The summed E-state index contributed by atoms with van der Waals surface area (Å²) < 4.78 is 3.04. The predicted octanol–water partition coefficient (Wildman–Crippen LogP) is 2.81. The molecule has 33 heavy (non-hydrogen) atoms. The summed E-state index contributed by atoms with van der Waals surface area (Å²) in [4.78, 5) is 26.8. The van der Waals surface area contributed by atoms with E-state index in [4.69, 9.17) is 5.73 Å². The summed E-state index contributed by atoms with van der Waals surface area (Å²) in [5.41, 5.74) is 8.49. The van der Waals surface area contributed by atoms with Crippen LogP contribution in [0.15, 0.2) is 71.8 Å². The van der Waals surface area contributed by atoms with Gasteiger partial charge in [0.1, 0.15) is 5.56 Å². The fourth-order valence-corrected chi connectivity index (χ4v) is 4.10. The number of nitrogen functional groups attached to an aromatic ring is 1. The van der Waals surface area contributed by atoms with Crippen LogP contribution in [0.5, 0.6) is 0 Å². The molecule has 0 spiro atoms. The molecule has 0 aliphatic rings. The molecule has 9 nitrogen and oxygen atoms in total. The number of rotatable bonds is 4. The van der Waals surface area contributed by atoms with E-state index in [2.05, 4.69) is 20.6 Å². The van der Waals surface area contributed by atoms with Crippen molar-refractivity contribution < 1.29 is 4.79 Å². The normalized spacial score (nSPS) is 12.2. The standard InChI is InChI=1S/C24H21N7O2/c1-14-7-6-8-16-13-18(31(24(33)19(14)16)17-9-4-3-5-10-17)15(2)27-23(32)20-21(25)29-30-12-11-26-28-22(20)30/h3-13,15H,1-2H3,(H2,25,29)(H,27,32)/t15-/m0/s1. The number of nitrogens with one attached hydrogen (secondary N) is 1. The molecule has 9 heteroatoms. The molecule has 0 bridgehead atoms. The van der Waals surface area contributed by atoms with E-state index in [0.717, 1.165) is 10.9 Å². The zero-order valence-corrected chi connectivity index (χ0v) is 18.1. The Balaban J connectivity index is 1.64. The van der Waals surface area contributed by atoms with Crippen molar-refractivity contribution in [2.24, 2.45) is 0 Å².